The van der Waals surface area contributed by atoms with E-state index in [0.717, 1.165) is 11.1 Å². The van der Waals surface area contributed by atoms with Crippen molar-refractivity contribution in [2.24, 2.45) is 5.73 Å². The molecule has 1 aromatic rings. The smallest absolute Gasteiger partial charge is 0.326 e. The maximum atomic E-state index is 12.1. The molecule has 0 atom stereocenters. The van der Waals surface area contributed by atoms with Crippen molar-refractivity contribution in [1.82, 2.24) is 4.90 Å². The molecule has 0 spiro atoms. The molecule has 0 fully saturated rings. The standard InChI is InChI=1S/C11H15F3N2/c1-16(8-11(12,13)14)7-10-4-2-3-9(5-10)6-15/h2-5H,6-8,15H2,1H3. The Hall–Kier alpha value is -1.07. The Morgan fingerprint density at radius 1 is 1.25 bits per heavy atom. The third-order valence-corrected chi connectivity index (χ3v) is 2.13. The molecule has 0 aromatic heterocycles. The first kappa shape index (κ1) is 13.0. The minimum atomic E-state index is -4.15. The van der Waals surface area contributed by atoms with Gasteiger partial charge >= 0.3 is 6.18 Å². The van der Waals surface area contributed by atoms with Gasteiger partial charge in [-0.2, -0.15) is 13.2 Å². The number of alkyl halides is 3. The molecule has 0 saturated heterocycles. The summed E-state index contributed by atoms with van der Waals surface area (Å²) >= 11 is 0. The molecule has 0 aliphatic rings. The fraction of sp³-hybridized carbons (Fsp3) is 0.455. The first-order valence-corrected chi connectivity index (χ1v) is 4.94. The number of hydrogen-bond donors (Lipinski definition) is 1. The summed E-state index contributed by atoms with van der Waals surface area (Å²) in [6.07, 6.45) is -4.15. The lowest BCUT2D eigenvalue weighted by molar-refractivity contribution is -0.144. The molecule has 2 N–H and O–H groups in total. The fourth-order valence-electron chi connectivity index (χ4n) is 1.53. The van der Waals surface area contributed by atoms with E-state index in [1.165, 1.54) is 11.9 Å². The summed E-state index contributed by atoms with van der Waals surface area (Å²) in [5.74, 6) is 0. The van der Waals surface area contributed by atoms with Crippen molar-refractivity contribution in [3.63, 3.8) is 0 Å². The van der Waals surface area contributed by atoms with Crippen LogP contribution in [0.1, 0.15) is 11.1 Å². The van der Waals surface area contributed by atoms with Gasteiger partial charge in [0, 0.05) is 13.1 Å². The Balaban J connectivity index is 2.59. The van der Waals surface area contributed by atoms with Crippen molar-refractivity contribution in [1.29, 1.82) is 0 Å². The SMILES string of the molecule is CN(Cc1cccc(CN)c1)CC(F)(F)F. The Morgan fingerprint density at radius 2 is 1.88 bits per heavy atom. The normalized spacial score (nSPS) is 12.1. The summed E-state index contributed by atoms with van der Waals surface area (Å²) in [5.41, 5.74) is 7.23. The number of benzene rings is 1. The molecule has 0 amide bonds. The van der Waals surface area contributed by atoms with Crippen LogP contribution in [0.25, 0.3) is 0 Å². The van der Waals surface area contributed by atoms with Gasteiger partial charge in [-0.1, -0.05) is 24.3 Å². The Morgan fingerprint density at radius 3 is 2.44 bits per heavy atom. The lowest BCUT2D eigenvalue weighted by Crippen LogP contribution is -2.30. The molecule has 5 heteroatoms. The van der Waals surface area contributed by atoms with Crippen molar-refractivity contribution >= 4 is 0 Å². The van der Waals surface area contributed by atoms with Gasteiger partial charge in [-0.05, 0) is 18.2 Å². The number of nitrogens with zero attached hydrogens (tertiary/aromatic N) is 1. The van der Waals surface area contributed by atoms with E-state index in [1.54, 1.807) is 12.1 Å². The maximum absolute atomic E-state index is 12.1. The van der Waals surface area contributed by atoms with Crippen LogP contribution in [0.15, 0.2) is 24.3 Å². The second-order valence-electron chi connectivity index (χ2n) is 3.81. The molecule has 0 bridgehead atoms. The van der Waals surface area contributed by atoms with Gasteiger partial charge in [-0.25, -0.2) is 0 Å². The van der Waals surface area contributed by atoms with Crippen LogP contribution in [0.5, 0.6) is 0 Å². The number of rotatable bonds is 4. The lowest BCUT2D eigenvalue weighted by atomic mass is 10.1. The van der Waals surface area contributed by atoms with Crippen molar-refractivity contribution in [2.45, 2.75) is 19.3 Å². The molecular weight excluding hydrogens is 217 g/mol. The monoisotopic (exact) mass is 232 g/mol. The predicted molar refractivity (Wildman–Crippen MR) is 56.7 cm³/mol. The van der Waals surface area contributed by atoms with Crippen LogP contribution in [0.3, 0.4) is 0 Å². The first-order chi connectivity index (χ1) is 7.40. The highest BCUT2D eigenvalue weighted by Gasteiger charge is 2.28. The summed E-state index contributed by atoms with van der Waals surface area (Å²) in [4.78, 5) is 1.23. The van der Waals surface area contributed by atoms with Crippen molar-refractivity contribution < 1.29 is 13.2 Å². The molecule has 0 saturated carbocycles. The van der Waals surface area contributed by atoms with Crippen LogP contribution in [-0.4, -0.2) is 24.7 Å². The van der Waals surface area contributed by atoms with Crippen LogP contribution >= 0.6 is 0 Å². The predicted octanol–water partition coefficient (Wildman–Crippen LogP) is 2.14. The van der Waals surface area contributed by atoms with Crippen LogP contribution in [0.2, 0.25) is 0 Å². The molecule has 0 aliphatic heterocycles. The largest absolute Gasteiger partial charge is 0.401 e. The lowest BCUT2D eigenvalue weighted by Gasteiger charge is -2.18. The van der Waals surface area contributed by atoms with Crippen LogP contribution in [0.4, 0.5) is 13.2 Å². The van der Waals surface area contributed by atoms with Gasteiger partial charge < -0.3 is 5.73 Å². The highest BCUT2D eigenvalue weighted by Crippen LogP contribution is 2.17. The van der Waals surface area contributed by atoms with Gasteiger partial charge in [-0.15, -0.1) is 0 Å². The molecule has 16 heavy (non-hydrogen) atoms. The van der Waals surface area contributed by atoms with Crippen LogP contribution in [-0.2, 0) is 13.1 Å². The summed E-state index contributed by atoms with van der Waals surface area (Å²) in [5, 5.41) is 0. The first-order valence-electron chi connectivity index (χ1n) is 4.94. The third-order valence-electron chi connectivity index (χ3n) is 2.13. The Kier molecular flexibility index (Phi) is 4.32. The topological polar surface area (TPSA) is 29.3 Å². The van der Waals surface area contributed by atoms with Crippen LogP contribution < -0.4 is 5.73 Å². The summed E-state index contributed by atoms with van der Waals surface area (Å²) in [6.45, 7) is -0.232. The van der Waals surface area contributed by atoms with Gasteiger partial charge in [-0.3, -0.25) is 4.90 Å². The minimum Gasteiger partial charge on any atom is -0.326 e. The summed E-state index contributed by atoms with van der Waals surface area (Å²) in [6, 6.07) is 7.28. The molecule has 90 valence electrons. The summed E-state index contributed by atoms with van der Waals surface area (Å²) in [7, 11) is 1.45. The average molecular weight is 232 g/mol. The van der Waals surface area contributed by atoms with Crippen molar-refractivity contribution in [3.8, 4) is 0 Å². The maximum Gasteiger partial charge on any atom is 0.401 e. The zero-order chi connectivity index (χ0) is 12.2. The molecule has 1 rings (SSSR count). The van der Waals surface area contributed by atoms with E-state index < -0.39 is 12.7 Å². The fourth-order valence-corrected chi connectivity index (χ4v) is 1.53. The highest BCUT2D eigenvalue weighted by atomic mass is 19.4. The molecule has 1 aromatic carbocycles. The zero-order valence-corrected chi connectivity index (χ0v) is 9.09. The van der Waals surface area contributed by atoms with E-state index in [0.29, 0.717) is 6.54 Å². The third kappa shape index (κ3) is 4.63. The van der Waals surface area contributed by atoms with E-state index in [1.807, 2.05) is 12.1 Å². The second-order valence-corrected chi connectivity index (χ2v) is 3.81. The Bertz CT molecular complexity index is 336. The van der Waals surface area contributed by atoms with E-state index in [9.17, 15) is 13.2 Å². The number of nitrogens with two attached hydrogens (primary N) is 1. The minimum absolute atomic E-state index is 0.271. The quantitative estimate of drug-likeness (QED) is 0.861. The van der Waals surface area contributed by atoms with Crippen molar-refractivity contribution in [3.05, 3.63) is 35.4 Å². The zero-order valence-electron chi connectivity index (χ0n) is 9.09. The second kappa shape index (κ2) is 5.32. The number of halogens is 3. The summed E-state index contributed by atoms with van der Waals surface area (Å²) < 4.78 is 36.3. The molecular formula is C11H15F3N2. The van der Waals surface area contributed by atoms with Gasteiger partial charge in [0.25, 0.3) is 0 Å². The molecule has 0 aliphatic carbocycles. The van der Waals surface area contributed by atoms with E-state index in [4.69, 9.17) is 5.73 Å². The van der Waals surface area contributed by atoms with E-state index in [2.05, 4.69) is 0 Å². The molecule has 0 unspecified atom stereocenters. The molecule has 0 radical (unpaired) electrons. The Labute approximate surface area is 92.9 Å². The highest BCUT2D eigenvalue weighted by molar-refractivity contribution is 5.23. The molecule has 0 heterocycles. The molecule has 2 nitrogen and oxygen atoms in total. The average Bonchev–Trinajstić information content (AvgIpc) is 2.15. The van der Waals surface area contributed by atoms with Gasteiger partial charge in [0.05, 0.1) is 6.54 Å². The van der Waals surface area contributed by atoms with Crippen molar-refractivity contribution in [2.75, 3.05) is 13.6 Å². The van der Waals surface area contributed by atoms with Crippen LogP contribution in [0, 0.1) is 0 Å². The van der Waals surface area contributed by atoms with E-state index >= 15 is 0 Å². The van der Waals surface area contributed by atoms with E-state index in [-0.39, 0.29) is 6.54 Å². The van der Waals surface area contributed by atoms with Gasteiger partial charge in [0.2, 0.25) is 0 Å². The van der Waals surface area contributed by atoms with Gasteiger partial charge in [0.15, 0.2) is 0 Å². The van der Waals surface area contributed by atoms with Gasteiger partial charge in [0.1, 0.15) is 0 Å². The number of hydrogen-bond acceptors (Lipinski definition) is 2.